The van der Waals surface area contributed by atoms with Crippen LogP contribution in [0.4, 0.5) is 11.4 Å². The number of morpholine rings is 1. The monoisotopic (exact) mass is 424 g/mol. The molecule has 5 rings (SSSR count). The van der Waals surface area contributed by atoms with Gasteiger partial charge in [-0.15, -0.1) is 0 Å². The highest BCUT2D eigenvalue weighted by atomic mass is 16.5. The molecule has 2 aromatic carbocycles. The van der Waals surface area contributed by atoms with Gasteiger partial charge < -0.3 is 15.0 Å². The quantitative estimate of drug-likeness (QED) is 0.517. The Bertz CT molecular complexity index is 1240. The Hall–Kier alpha value is -3.77. The number of hydrogen-bond acceptors (Lipinski definition) is 5. The molecule has 2 aromatic heterocycles. The Balaban J connectivity index is 1.43. The molecule has 0 spiro atoms. The predicted molar refractivity (Wildman–Crippen MR) is 127 cm³/mol. The summed E-state index contributed by atoms with van der Waals surface area (Å²) < 4.78 is 5.48. The molecule has 1 aliphatic rings. The zero-order valence-electron chi connectivity index (χ0n) is 17.7. The number of hydrogen-bond donors (Lipinski definition) is 1. The standard InChI is InChI=1S/C26H24N4O2/c31-25(28-22-7-3-11-27-18-22)17-21-6-1-4-19-9-10-24(29-26(19)21)20-5-2-8-23(16-20)30-12-14-32-15-13-30/h1-11,16,18H,12-15,17H2,(H,28,31). The van der Waals surface area contributed by atoms with Crippen LogP contribution in [0.15, 0.2) is 79.1 Å². The average Bonchev–Trinajstić information content (AvgIpc) is 2.85. The smallest absolute Gasteiger partial charge is 0.228 e. The fourth-order valence-corrected chi connectivity index (χ4v) is 4.01. The molecule has 0 atom stereocenters. The Kier molecular flexibility index (Phi) is 5.77. The Morgan fingerprint density at radius 3 is 2.72 bits per heavy atom. The highest BCUT2D eigenvalue weighted by Gasteiger charge is 2.13. The number of nitrogens with zero attached hydrogens (tertiary/aromatic N) is 3. The second-order valence-electron chi connectivity index (χ2n) is 7.80. The van der Waals surface area contributed by atoms with Crippen LogP contribution in [0, 0.1) is 0 Å². The van der Waals surface area contributed by atoms with Crippen LogP contribution < -0.4 is 10.2 Å². The summed E-state index contributed by atoms with van der Waals surface area (Å²) >= 11 is 0. The molecule has 0 aliphatic carbocycles. The largest absolute Gasteiger partial charge is 0.378 e. The fourth-order valence-electron chi connectivity index (χ4n) is 4.01. The number of carbonyl (C=O) groups excluding carboxylic acids is 1. The van der Waals surface area contributed by atoms with Gasteiger partial charge in [0.15, 0.2) is 0 Å². The number of rotatable bonds is 5. The number of para-hydroxylation sites is 1. The van der Waals surface area contributed by atoms with Crippen molar-refractivity contribution < 1.29 is 9.53 Å². The SMILES string of the molecule is O=C(Cc1cccc2ccc(-c3cccc(N4CCOCC4)c3)nc12)Nc1cccnc1. The van der Waals surface area contributed by atoms with E-state index in [-0.39, 0.29) is 12.3 Å². The summed E-state index contributed by atoms with van der Waals surface area (Å²) in [5, 5.41) is 3.92. The van der Waals surface area contributed by atoms with Gasteiger partial charge in [0.1, 0.15) is 0 Å². The molecular formula is C26H24N4O2. The van der Waals surface area contributed by atoms with Crippen molar-refractivity contribution in [2.24, 2.45) is 0 Å². The third kappa shape index (κ3) is 4.45. The zero-order chi connectivity index (χ0) is 21.8. The van der Waals surface area contributed by atoms with Gasteiger partial charge in [-0.05, 0) is 35.9 Å². The molecule has 0 radical (unpaired) electrons. The van der Waals surface area contributed by atoms with Crippen LogP contribution in [-0.4, -0.2) is 42.2 Å². The topological polar surface area (TPSA) is 67.4 Å². The van der Waals surface area contributed by atoms with E-state index in [9.17, 15) is 4.79 Å². The average molecular weight is 425 g/mol. The van der Waals surface area contributed by atoms with E-state index < -0.39 is 0 Å². The van der Waals surface area contributed by atoms with Crippen molar-refractivity contribution in [2.45, 2.75) is 6.42 Å². The maximum atomic E-state index is 12.6. The molecule has 3 heterocycles. The first-order valence-corrected chi connectivity index (χ1v) is 10.8. The minimum atomic E-state index is -0.0907. The zero-order valence-corrected chi connectivity index (χ0v) is 17.7. The molecule has 6 nitrogen and oxygen atoms in total. The van der Waals surface area contributed by atoms with Crippen molar-refractivity contribution in [1.29, 1.82) is 0 Å². The predicted octanol–water partition coefficient (Wildman–Crippen LogP) is 4.31. The van der Waals surface area contributed by atoms with E-state index >= 15 is 0 Å². The third-order valence-electron chi connectivity index (χ3n) is 5.62. The number of ether oxygens (including phenoxy) is 1. The molecule has 0 saturated carbocycles. The van der Waals surface area contributed by atoms with Crippen LogP contribution in [0.25, 0.3) is 22.2 Å². The first-order valence-electron chi connectivity index (χ1n) is 10.8. The second kappa shape index (κ2) is 9.16. The number of benzene rings is 2. The first kappa shape index (κ1) is 20.2. The number of aromatic nitrogens is 2. The molecule has 1 amide bonds. The van der Waals surface area contributed by atoms with Crippen LogP contribution in [0.1, 0.15) is 5.56 Å². The van der Waals surface area contributed by atoms with E-state index in [0.29, 0.717) is 5.69 Å². The van der Waals surface area contributed by atoms with Crippen LogP contribution in [0.2, 0.25) is 0 Å². The van der Waals surface area contributed by atoms with Crippen LogP contribution in [0.5, 0.6) is 0 Å². The molecule has 1 saturated heterocycles. The van der Waals surface area contributed by atoms with Crippen molar-refractivity contribution in [1.82, 2.24) is 9.97 Å². The van der Waals surface area contributed by atoms with E-state index in [1.165, 1.54) is 5.69 Å². The normalized spacial score (nSPS) is 13.8. The van der Waals surface area contributed by atoms with Gasteiger partial charge in [0.25, 0.3) is 0 Å². The molecular weight excluding hydrogens is 400 g/mol. The van der Waals surface area contributed by atoms with Gasteiger partial charge in [-0.2, -0.15) is 0 Å². The molecule has 4 aromatic rings. The van der Waals surface area contributed by atoms with E-state index in [1.54, 1.807) is 18.5 Å². The summed E-state index contributed by atoms with van der Waals surface area (Å²) in [4.78, 5) is 24.0. The van der Waals surface area contributed by atoms with Gasteiger partial charge in [-0.1, -0.05) is 36.4 Å². The number of nitrogens with one attached hydrogen (secondary N) is 1. The lowest BCUT2D eigenvalue weighted by Crippen LogP contribution is -2.36. The van der Waals surface area contributed by atoms with Crippen molar-refractivity contribution in [3.8, 4) is 11.3 Å². The summed E-state index contributed by atoms with van der Waals surface area (Å²) in [5.74, 6) is -0.0907. The number of anilines is 2. The van der Waals surface area contributed by atoms with E-state index in [0.717, 1.165) is 54.0 Å². The summed E-state index contributed by atoms with van der Waals surface area (Å²) in [6.07, 6.45) is 3.56. The molecule has 6 heteroatoms. The summed E-state index contributed by atoms with van der Waals surface area (Å²) in [5.41, 5.74) is 5.57. The van der Waals surface area contributed by atoms with E-state index in [1.807, 2.05) is 30.3 Å². The van der Waals surface area contributed by atoms with Gasteiger partial charge in [0, 0.05) is 35.9 Å². The summed E-state index contributed by atoms with van der Waals surface area (Å²) in [6, 6.07) is 22.1. The molecule has 1 aliphatic heterocycles. The van der Waals surface area contributed by atoms with Crippen molar-refractivity contribution >= 4 is 28.2 Å². The Labute approximate surface area is 186 Å². The van der Waals surface area contributed by atoms with E-state index in [4.69, 9.17) is 9.72 Å². The molecule has 160 valence electrons. The molecule has 1 fully saturated rings. The minimum Gasteiger partial charge on any atom is -0.378 e. The van der Waals surface area contributed by atoms with Gasteiger partial charge in [0.05, 0.1) is 42.7 Å². The Morgan fingerprint density at radius 2 is 1.88 bits per heavy atom. The lowest BCUT2D eigenvalue weighted by Gasteiger charge is -2.29. The van der Waals surface area contributed by atoms with Gasteiger partial charge in [-0.3, -0.25) is 9.78 Å². The van der Waals surface area contributed by atoms with Gasteiger partial charge in [-0.25, -0.2) is 4.98 Å². The molecule has 0 bridgehead atoms. The number of carbonyl (C=O) groups is 1. The van der Waals surface area contributed by atoms with E-state index in [2.05, 4.69) is 45.5 Å². The Morgan fingerprint density at radius 1 is 1.00 bits per heavy atom. The molecule has 0 unspecified atom stereocenters. The van der Waals surface area contributed by atoms with Crippen molar-refractivity contribution in [3.63, 3.8) is 0 Å². The van der Waals surface area contributed by atoms with Gasteiger partial charge in [0.2, 0.25) is 5.91 Å². The van der Waals surface area contributed by atoms with Crippen LogP contribution >= 0.6 is 0 Å². The highest BCUT2D eigenvalue weighted by molar-refractivity contribution is 5.95. The van der Waals surface area contributed by atoms with Crippen molar-refractivity contribution in [3.05, 3.63) is 84.7 Å². The maximum absolute atomic E-state index is 12.6. The first-order chi connectivity index (χ1) is 15.8. The molecule has 32 heavy (non-hydrogen) atoms. The van der Waals surface area contributed by atoms with Gasteiger partial charge >= 0.3 is 0 Å². The number of pyridine rings is 2. The number of fused-ring (bicyclic) bond motifs is 1. The minimum absolute atomic E-state index is 0.0907. The highest BCUT2D eigenvalue weighted by Crippen LogP contribution is 2.27. The third-order valence-corrected chi connectivity index (χ3v) is 5.62. The van der Waals surface area contributed by atoms with Crippen LogP contribution in [0.3, 0.4) is 0 Å². The number of amides is 1. The van der Waals surface area contributed by atoms with Crippen molar-refractivity contribution in [2.75, 3.05) is 36.5 Å². The summed E-state index contributed by atoms with van der Waals surface area (Å²) in [6.45, 7) is 3.29. The lowest BCUT2D eigenvalue weighted by atomic mass is 10.0. The summed E-state index contributed by atoms with van der Waals surface area (Å²) in [7, 11) is 0. The lowest BCUT2D eigenvalue weighted by molar-refractivity contribution is -0.115. The fraction of sp³-hybridized carbons (Fsp3) is 0.192. The second-order valence-corrected chi connectivity index (χ2v) is 7.80. The molecule has 1 N–H and O–H groups in total. The maximum Gasteiger partial charge on any atom is 0.228 e. The van der Waals surface area contributed by atoms with Crippen LogP contribution in [-0.2, 0) is 16.0 Å².